The van der Waals surface area contributed by atoms with Crippen molar-refractivity contribution < 1.29 is 14.2 Å². The lowest BCUT2D eigenvalue weighted by Gasteiger charge is -2.41. The summed E-state index contributed by atoms with van der Waals surface area (Å²) in [4.78, 5) is 6.95. The van der Waals surface area contributed by atoms with E-state index in [1.165, 1.54) is 32.4 Å². The Morgan fingerprint density at radius 2 is 1.60 bits per heavy atom. The highest BCUT2D eigenvalue weighted by atomic mass is 127. The summed E-state index contributed by atoms with van der Waals surface area (Å²) >= 11 is 0. The molecule has 0 unspecified atom stereocenters. The summed E-state index contributed by atoms with van der Waals surface area (Å²) in [6.45, 7) is 8.51. The fourth-order valence-corrected chi connectivity index (χ4v) is 3.76. The number of likely N-dealkylation sites (tertiary alicyclic amines) is 1. The number of benzene rings is 1. The Hall–Kier alpha value is -1.42. The van der Waals surface area contributed by atoms with Gasteiger partial charge in [0.2, 0.25) is 0 Å². The largest absolute Gasteiger partial charge is 0.496 e. The molecule has 0 aliphatic carbocycles. The monoisotopic (exact) mass is 534 g/mol. The quantitative estimate of drug-likeness (QED) is 0.288. The molecular formula is C22H39IN4O3. The third kappa shape index (κ3) is 7.37. The number of nitrogens with zero attached hydrogens (tertiary/aromatic N) is 2. The lowest BCUT2D eigenvalue weighted by molar-refractivity contribution is 0.0982. The Balaban J connectivity index is 0.00000450. The minimum absolute atomic E-state index is 0. The van der Waals surface area contributed by atoms with Crippen LogP contribution in [0, 0.1) is 0 Å². The van der Waals surface area contributed by atoms with Gasteiger partial charge in [0, 0.05) is 43.4 Å². The minimum Gasteiger partial charge on any atom is -0.496 e. The van der Waals surface area contributed by atoms with Crippen LogP contribution >= 0.6 is 24.0 Å². The van der Waals surface area contributed by atoms with Crippen LogP contribution in [0.2, 0.25) is 0 Å². The molecule has 0 radical (unpaired) electrons. The van der Waals surface area contributed by atoms with Crippen LogP contribution in [0.3, 0.4) is 0 Å². The molecule has 1 saturated heterocycles. The number of ether oxygens (including phenoxy) is 3. The topological polar surface area (TPSA) is 67.4 Å². The number of guanidine groups is 1. The Bertz CT molecular complexity index is 651. The van der Waals surface area contributed by atoms with Crippen molar-refractivity contribution in [2.75, 3.05) is 54.6 Å². The van der Waals surface area contributed by atoms with E-state index in [9.17, 15) is 0 Å². The zero-order valence-corrected chi connectivity index (χ0v) is 21.7. The summed E-state index contributed by atoms with van der Waals surface area (Å²) in [6, 6.07) is 3.76. The summed E-state index contributed by atoms with van der Waals surface area (Å²) < 4.78 is 16.4. The van der Waals surface area contributed by atoms with Crippen molar-refractivity contribution in [3.8, 4) is 17.2 Å². The summed E-state index contributed by atoms with van der Waals surface area (Å²) in [5.41, 5.74) is 1.10. The van der Waals surface area contributed by atoms with Crippen LogP contribution in [0.1, 0.15) is 38.7 Å². The zero-order valence-electron chi connectivity index (χ0n) is 19.3. The number of piperidine rings is 1. The van der Waals surface area contributed by atoms with E-state index >= 15 is 0 Å². The molecule has 0 spiro atoms. The molecule has 1 aliphatic rings. The van der Waals surface area contributed by atoms with Gasteiger partial charge in [-0.2, -0.15) is 0 Å². The Labute approximate surface area is 199 Å². The highest BCUT2D eigenvalue weighted by molar-refractivity contribution is 14.0. The highest BCUT2D eigenvalue weighted by Gasteiger charge is 2.27. The van der Waals surface area contributed by atoms with Crippen LogP contribution < -0.4 is 24.8 Å². The fraction of sp³-hybridized carbons (Fsp3) is 0.682. The fourth-order valence-electron chi connectivity index (χ4n) is 3.76. The summed E-state index contributed by atoms with van der Waals surface area (Å²) in [5.74, 6) is 3.05. The average Bonchev–Trinajstić information content (AvgIpc) is 2.76. The van der Waals surface area contributed by atoms with E-state index in [1.54, 1.807) is 28.4 Å². The third-order valence-corrected chi connectivity index (χ3v) is 5.61. The first-order valence-corrected chi connectivity index (χ1v) is 10.4. The molecule has 172 valence electrons. The predicted molar refractivity (Wildman–Crippen MR) is 134 cm³/mol. The minimum atomic E-state index is 0. The summed E-state index contributed by atoms with van der Waals surface area (Å²) in [7, 11) is 6.76. The SMILES string of the molecule is CN=C(NCCc1c(OC)cc(OC)cc1OC)NCC(C)(C)N1CCCCC1.I. The number of halogens is 1. The summed E-state index contributed by atoms with van der Waals surface area (Å²) in [5, 5.41) is 6.89. The maximum absolute atomic E-state index is 5.53. The van der Waals surface area contributed by atoms with Crippen molar-refractivity contribution in [2.24, 2.45) is 4.99 Å². The van der Waals surface area contributed by atoms with E-state index in [0.717, 1.165) is 36.0 Å². The van der Waals surface area contributed by atoms with Crippen molar-refractivity contribution >= 4 is 29.9 Å². The number of methoxy groups -OCH3 is 3. The highest BCUT2D eigenvalue weighted by Crippen LogP contribution is 2.34. The van der Waals surface area contributed by atoms with Gasteiger partial charge in [-0.3, -0.25) is 9.89 Å². The van der Waals surface area contributed by atoms with Gasteiger partial charge in [-0.25, -0.2) is 0 Å². The van der Waals surface area contributed by atoms with E-state index in [2.05, 4.69) is 34.4 Å². The van der Waals surface area contributed by atoms with Gasteiger partial charge in [0.25, 0.3) is 0 Å². The Morgan fingerprint density at radius 3 is 2.10 bits per heavy atom. The molecule has 0 aromatic heterocycles. The maximum atomic E-state index is 5.53. The van der Waals surface area contributed by atoms with Gasteiger partial charge in [-0.15, -0.1) is 24.0 Å². The second-order valence-electron chi connectivity index (χ2n) is 7.97. The van der Waals surface area contributed by atoms with E-state index in [-0.39, 0.29) is 29.5 Å². The molecule has 1 fully saturated rings. The molecule has 2 N–H and O–H groups in total. The van der Waals surface area contributed by atoms with E-state index in [0.29, 0.717) is 12.3 Å². The zero-order chi connectivity index (χ0) is 21.3. The third-order valence-electron chi connectivity index (χ3n) is 5.61. The first-order chi connectivity index (χ1) is 13.9. The number of aliphatic imine (C=N–C) groups is 1. The molecule has 1 heterocycles. The van der Waals surface area contributed by atoms with E-state index in [4.69, 9.17) is 14.2 Å². The molecule has 1 aromatic rings. The van der Waals surface area contributed by atoms with Crippen molar-refractivity contribution in [1.29, 1.82) is 0 Å². The standard InChI is InChI=1S/C22H38N4O3.HI/c1-22(2,26-12-8-7-9-13-26)16-25-21(23-3)24-11-10-18-19(28-5)14-17(27-4)15-20(18)29-6;/h14-15H,7-13,16H2,1-6H3,(H2,23,24,25);1H. The van der Waals surface area contributed by atoms with Gasteiger partial charge in [0.15, 0.2) is 5.96 Å². The molecule has 2 rings (SSSR count). The van der Waals surface area contributed by atoms with Gasteiger partial charge >= 0.3 is 0 Å². The van der Waals surface area contributed by atoms with Crippen molar-refractivity contribution in [3.05, 3.63) is 17.7 Å². The van der Waals surface area contributed by atoms with Crippen LogP contribution in [-0.2, 0) is 6.42 Å². The van der Waals surface area contributed by atoms with E-state index in [1.807, 2.05) is 12.1 Å². The molecule has 0 saturated carbocycles. The Morgan fingerprint density at radius 1 is 1.00 bits per heavy atom. The van der Waals surface area contributed by atoms with Crippen LogP contribution in [0.25, 0.3) is 0 Å². The van der Waals surface area contributed by atoms with Gasteiger partial charge in [0.1, 0.15) is 17.2 Å². The van der Waals surface area contributed by atoms with Crippen molar-refractivity contribution in [1.82, 2.24) is 15.5 Å². The average molecular weight is 534 g/mol. The molecule has 1 aromatic carbocycles. The van der Waals surface area contributed by atoms with Crippen LogP contribution in [0.5, 0.6) is 17.2 Å². The lowest BCUT2D eigenvalue weighted by Crippen LogP contribution is -2.55. The van der Waals surface area contributed by atoms with Crippen molar-refractivity contribution in [3.63, 3.8) is 0 Å². The van der Waals surface area contributed by atoms with Gasteiger partial charge in [0.05, 0.1) is 21.3 Å². The predicted octanol–water partition coefficient (Wildman–Crippen LogP) is 3.30. The first kappa shape index (κ1) is 26.6. The number of hydrogen-bond acceptors (Lipinski definition) is 5. The number of nitrogens with one attached hydrogen (secondary N) is 2. The molecule has 0 atom stereocenters. The molecule has 1 aliphatic heterocycles. The van der Waals surface area contributed by atoms with Crippen LogP contribution in [-0.4, -0.2) is 71.0 Å². The molecule has 0 amide bonds. The van der Waals surface area contributed by atoms with Crippen molar-refractivity contribution in [2.45, 2.75) is 45.1 Å². The first-order valence-electron chi connectivity index (χ1n) is 10.4. The number of rotatable bonds is 9. The van der Waals surface area contributed by atoms with Crippen LogP contribution in [0.15, 0.2) is 17.1 Å². The van der Waals surface area contributed by atoms with Gasteiger partial charge < -0.3 is 24.8 Å². The second kappa shape index (κ2) is 13.1. The molecular weight excluding hydrogens is 495 g/mol. The molecule has 0 bridgehead atoms. The Kier molecular flexibility index (Phi) is 11.6. The maximum Gasteiger partial charge on any atom is 0.191 e. The molecule has 8 heteroatoms. The van der Waals surface area contributed by atoms with Gasteiger partial charge in [-0.1, -0.05) is 6.42 Å². The normalized spacial score (nSPS) is 15.2. The summed E-state index contributed by atoms with van der Waals surface area (Å²) in [6.07, 6.45) is 4.68. The van der Waals surface area contributed by atoms with Crippen LogP contribution in [0.4, 0.5) is 0 Å². The lowest BCUT2D eigenvalue weighted by atomic mass is 9.98. The van der Waals surface area contributed by atoms with Gasteiger partial charge in [-0.05, 0) is 46.2 Å². The smallest absolute Gasteiger partial charge is 0.191 e. The van der Waals surface area contributed by atoms with E-state index < -0.39 is 0 Å². The molecule has 30 heavy (non-hydrogen) atoms. The second-order valence-corrected chi connectivity index (χ2v) is 7.97. The molecule has 7 nitrogen and oxygen atoms in total. The number of hydrogen-bond donors (Lipinski definition) is 2.